The summed E-state index contributed by atoms with van der Waals surface area (Å²) in [7, 11) is 1.60. The third-order valence-electron chi connectivity index (χ3n) is 2.38. The molecule has 1 N–H and O–H groups in total. The van der Waals surface area contributed by atoms with E-state index in [1.807, 2.05) is 6.26 Å². The molecule has 0 amide bonds. The van der Waals surface area contributed by atoms with Crippen molar-refractivity contribution in [1.82, 2.24) is 4.98 Å². The standard InChI is InChI=1S/C12H13NO3S/c1-15-9-5-3-8(4-6-9)11(14)10-7-13-12(16-10)17-2/h3-7,11,14H,1-2H3. The maximum atomic E-state index is 10.1. The number of oxazole rings is 1. The summed E-state index contributed by atoms with van der Waals surface area (Å²) >= 11 is 1.40. The van der Waals surface area contributed by atoms with Gasteiger partial charge in [0, 0.05) is 0 Å². The van der Waals surface area contributed by atoms with Crippen molar-refractivity contribution in [2.24, 2.45) is 0 Å². The van der Waals surface area contributed by atoms with Crippen molar-refractivity contribution >= 4 is 11.8 Å². The molecule has 0 fully saturated rings. The van der Waals surface area contributed by atoms with E-state index in [1.165, 1.54) is 11.8 Å². The number of benzene rings is 1. The molecule has 1 aromatic carbocycles. The maximum absolute atomic E-state index is 10.1. The lowest BCUT2D eigenvalue weighted by atomic mass is 10.1. The number of nitrogens with zero attached hydrogens (tertiary/aromatic N) is 1. The number of aliphatic hydroxyl groups excluding tert-OH is 1. The SMILES string of the molecule is COc1ccc(C(O)c2cnc(SC)o2)cc1. The predicted octanol–water partition coefficient (Wildman–Crippen LogP) is 2.49. The lowest BCUT2D eigenvalue weighted by Gasteiger charge is -2.08. The minimum Gasteiger partial charge on any atom is -0.497 e. The number of thioether (sulfide) groups is 1. The fraction of sp³-hybridized carbons (Fsp3) is 0.250. The van der Waals surface area contributed by atoms with Crippen LogP contribution >= 0.6 is 11.8 Å². The van der Waals surface area contributed by atoms with Crippen molar-refractivity contribution in [2.45, 2.75) is 11.3 Å². The van der Waals surface area contributed by atoms with E-state index in [0.29, 0.717) is 11.0 Å². The molecule has 0 saturated heterocycles. The number of hydrogen-bond donors (Lipinski definition) is 1. The molecule has 0 radical (unpaired) electrons. The van der Waals surface area contributed by atoms with Gasteiger partial charge in [-0.25, -0.2) is 4.98 Å². The van der Waals surface area contributed by atoms with Gasteiger partial charge in [-0.05, 0) is 24.0 Å². The summed E-state index contributed by atoms with van der Waals surface area (Å²) in [6.07, 6.45) is 2.62. The Labute approximate surface area is 104 Å². The van der Waals surface area contributed by atoms with Gasteiger partial charge in [-0.2, -0.15) is 0 Å². The fourth-order valence-corrected chi connectivity index (χ4v) is 1.78. The van der Waals surface area contributed by atoms with Gasteiger partial charge in [-0.1, -0.05) is 23.9 Å². The normalized spacial score (nSPS) is 12.4. The molecule has 90 valence electrons. The number of aromatic nitrogens is 1. The van der Waals surface area contributed by atoms with Crippen LogP contribution in [0.25, 0.3) is 0 Å². The van der Waals surface area contributed by atoms with Gasteiger partial charge in [0.1, 0.15) is 11.9 Å². The fourth-order valence-electron chi connectivity index (χ4n) is 1.44. The van der Waals surface area contributed by atoms with Crippen molar-refractivity contribution in [1.29, 1.82) is 0 Å². The highest BCUT2D eigenvalue weighted by molar-refractivity contribution is 7.98. The molecule has 0 bridgehead atoms. The Bertz CT molecular complexity index is 481. The van der Waals surface area contributed by atoms with Gasteiger partial charge in [0.05, 0.1) is 13.3 Å². The van der Waals surface area contributed by atoms with Crippen LogP contribution in [-0.2, 0) is 0 Å². The van der Waals surface area contributed by atoms with E-state index in [4.69, 9.17) is 9.15 Å². The van der Waals surface area contributed by atoms with E-state index in [2.05, 4.69) is 4.98 Å². The average Bonchev–Trinajstić information content (AvgIpc) is 2.87. The first kappa shape index (κ1) is 12.0. The van der Waals surface area contributed by atoms with Gasteiger partial charge in [-0.3, -0.25) is 0 Å². The highest BCUT2D eigenvalue weighted by Gasteiger charge is 2.15. The molecule has 0 saturated carbocycles. The van der Waals surface area contributed by atoms with Crippen molar-refractivity contribution in [2.75, 3.05) is 13.4 Å². The number of hydrogen-bond acceptors (Lipinski definition) is 5. The Morgan fingerprint density at radius 3 is 2.59 bits per heavy atom. The maximum Gasteiger partial charge on any atom is 0.255 e. The lowest BCUT2D eigenvalue weighted by molar-refractivity contribution is 0.182. The molecule has 1 unspecified atom stereocenters. The highest BCUT2D eigenvalue weighted by Crippen LogP contribution is 2.26. The van der Waals surface area contributed by atoms with Crippen LogP contribution in [0.2, 0.25) is 0 Å². The molecule has 17 heavy (non-hydrogen) atoms. The van der Waals surface area contributed by atoms with Crippen LogP contribution < -0.4 is 4.74 Å². The summed E-state index contributed by atoms with van der Waals surface area (Å²) in [5.41, 5.74) is 0.745. The van der Waals surface area contributed by atoms with E-state index in [1.54, 1.807) is 37.6 Å². The molecule has 2 rings (SSSR count). The summed E-state index contributed by atoms with van der Waals surface area (Å²) in [6, 6.07) is 7.18. The zero-order valence-corrected chi connectivity index (χ0v) is 10.4. The summed E-state index contributed by atoms with van der Waals surface area (Å²) in [6.45, 7) is 0. The molecule has 0 aliphatic heterocycles. The van der Waals surface area contributed by atoms with Gasteiger partial charge < -0.3 is 14.3 Å². The minimum absolute atomic E-state index is 0.444. The average molecular weight is 251 g/mol. The minimum atomic E-state index is -0.797. The Balaban J connectivity index is 2.20. The second-order valence-corrected chi connectivity index (χ2v) is 4.17. The smallest absolute Gasteiger partial charge is 0.255 e. The molecule has 0 aliphatic carbocycles. The van der Waals surface area contributed by atoms with Gasteiger partial charge in [-0.15, -0.1) is 0 Å². The largest absolute Gasteiger partial charge is 0.497 e. The molecule has 2 aromatic rings. The first-order valence-electron chi connectivity index (χ1n) is 5.06. The zero-order valence-electron chi connectivity index (χ0n) is 9.58. The molecule has 1 heterocycles. The Hall–Kier alpha value is -1.46. The van der Waals surface area contributed by atoms with Crippen molar-refractivity contribution in [3.63, 3.8) is 0 Å². The van der Waals surface area contributed by atoms with E-state index in [9.17, 15) is 5.11 Å². The van der Waals surface area contributed by atoms with Crippen LogP contribution in [0.5, 0.6) is 5.75 Å². The van der Waals surface area contributed by atoms with Crippen LogP contribution in [0, 0.1) is 0 Å². The summed E-state index contributed by atoms with van der Waals surface area (Å²) in [5.74, 6) is 1.20. The van der Waals surface area contributed by atoms with Gasteiger partial charge in [0.15, 0.2) is 5.76 Å². The van der Waals surface area contributed by atoms with Gasteiger partial charge in [0.25, 0.3) is 5.22 Å². The first-order valence-corrected chi connectivity index (χ1v) is 6.29. The Kier molecular flexibility index (Phi) is 3.71. The van der Waals surface area contributed by atoms with E-state index in [-0.39, 0.29) is 0 Å². The predicted molar refractivity (Wildman–Crippen MR) is 65.3 cm³/mol. The van der Waals surface area contributed by atoms with Crippen molar-refractivity contribution in [3.05, 3.63) is 41.8 Å². The third-order valence-corrected chi connectivity index (χ3v) is 2.92. The number of aliphatic hydroxyl groups is 1. The second-order valence-electron chi connectivity index (χ2n) is 3.41. The second kappa shape index (κ2) is 5.25. The first-order chi connectivity index (χ1) is 8.24. The molecule has 0 aliphatic rings. The molecule has 1 atom stereocenters. The van der Waals surface area contributed by atoms with Crippen LogP contribution in [0.15, 0.2) is 40.1 Å². The number of methoxy groups -OCH3 is 1. The quantitative estimate of drug-likeness (QED) is 0.846. The Morgan fingerprint density at radius 1 is 1.35 bits per heavy atom. The molecular formula is C12H13NO3S. The molecule has 5 heteroatoms. The summed E-state index contributed by atoms with van der Waals surface area (Å²) in [4.78, 5) is 4.03. The topological polar surface area (TPSA) is 55.5 Å². The number of ether oxygens (including phenoxy) is 1. The molecule has 0 spiro atoms. The van der Waals surface area contributed by atoms with Crippen LogP contribution in [0.3, 0.4) is 0 Å². The molecular weight excluding hydrogens is 238 g/mol. The molecule has 4 nitrogen and oxygen atoms in total. The monoisotopic (exact) mass is 251 g/mol. The molecule has 1 aromatic heterocycles. The Morgan fingerprint density at radius 2 is 2.06 bits per heavy atom. The zero-order chi connectivity index (χ0) is 12.3. The summed E-state index contributed by atoms with van der Waals surface area (Å²) in [5, 5.41) is 10.6. The van der Waals surface area contributed by atoms with Crippen LogP contribution in [-0.4, -0.2) is 23.5 Å². The third kappa shape index (κ3) is 2.62. The highest BCUT2D eigenvalue weighted by atomic mass is 32.2. The summed E-state index contributed by atoms with van der Waals surface area (Å²) < 4.78 is 10.4. The van der Waals surface area contributed by atoms with E-state index in [0.717, 1.165) is 11.3 Å². The van der Waals surface area contributed by atoms with Crippen molar-refractivity contribution in [3.8, 4) is 5.75 Å². The van der Waals surface area contributed by atoms with Crippen LogP contribution in [0.1, 0.15) is 17.4 Å². The number of rotatable bonds is 4. The van der Waals surface area contributed by atoms with Crippen LogP contribution in [0.4, 0.5) is 0 Å². The van der Waals surface area contributed by atoms with E-state index >= 15 is 0 Å². The van der Waals surface area contributed by atoms with Gasteiger partial charge >= 0.3 is 0 Å². The van der Waals surface area contributed by atoms with Crippen molar-refractivity contribution < 1.29 is 14.3 Å². The lowest BCUT2D eigenvalue weighted by Crippen LogP contribution is -1.97. The van der Waals surface area contributed by atoms with E-state index < -0.39 is 6.10 Å². The van der Waals surface area contributed by atoms with Gasteiger partial charge in [0.2, 0.25) is 0 Å².